The van der Waals surface area contributed by atoms with Gasteiger partial charge in [0.25, 0.3) is 0 Å². The summed E-state index contributed by atoms with van der Waals surface area (Å²) in [6.07, 6.45) is -0.664. The third-order valence-electron chi connectivity index (χ3n) is 4.47. The zero-order chi connectivity index (χ0) is 17.9. The predicted molar refractivity (Wildman–Crippen MR) is 86.0 cm³/mol. The number of hydrogen-bond acceptors (Lipinski definition) is 9. The van der Waals surface area contributed by atoms with Gasteiger partial charge in [-0.25, -0.2) is 4.99 Å². The number of aliphatic hydroxyl groups is 3. The van der Waals surface area contributed by atoms with Gasteiger partial charge >= 0.3 is 11.1 Å². The topological polar surface area (TPSA) is 162 Å². The minimum atomic E-state index is -1.72. The van der Waals surface area contributed by atoms with Gasteiger partial charge in [0.1, 0.15) is 29.4 Å². The quantitative estimate of drug-likeness (QED) is 0.395. The van der Waals surface area contributed by atoms with E-state index in [2.05, 4.69) is 20.3 Å². The van der Waals surface area contributed by atoms with E-state index < -0.39 is 41.8 Å². The SMILES string of the molecule is CC1(O)C(n2cc3[nH]c(=O)c(=O)nc4c3c2N=CN4)O[C@H](CO)[C@H]1O. The Balaban J connectivity index is 1.98. The minimum Gasteiger partial charge on any atom is -0.394 e. The number of anilines is 1. The Labute approximate surface area is 139 Å². The van der Waals surface area contributed by atoms with Gasteiger partial charge in [-0.1, -0.05) is 0 Å². The van der Waals surface area contributed by atoms with Crippen LogP contribution in [0.5, 0.6) is 0 Å². The lowest BCUT2D eigenvalue weighted by atomic mass is 9.96. The third-order valence-corrected chi connectivity index (χ3v) is 4.47. The molecule has 0 aliphatic carbocycles. The lowest BCUT2D eigenvalue weighted by molar-refractivity contribution is -0.0955. The van der Waals surface area contributed by atoms with Crippen molar-refractivity contribution in [2.75, 3.05) is 11.9 Å². The molecule has 132 valence electrons. The number of rotatable bonds is 2. The van der Waals surface area contributed by atoms with E-state index in [0.717, 1.165) is 0 Å². The Morgan fingerprint density at radius 1 is 1.44 bits per heavy atom. The van der Waals surface area contributed by atoms with Crippen molar-refractivity contribution in [3.05, 3.63) is 26.9 Å². The molecule has 11 nitrogen and oxygen atoms in total. The van der Waals surface area contributed by atoms with Crippen molar-refractivity contribution in [1.82, 2.24) is 14.5 Å². The molecule has 4 atom stereocenters. The van der Waals surface area contributed by atoms with E-state index >= 15 is 0 Å². The summed E-state index contributed by atoms with van der Waals surface area (Å²) < 4.78 is 7.01. The third kappa shape index (κ3) is 2.14. The zero-order valence-electron chi connectivity index (χ0n) is 13.0. The van der Waals surface area contributed by atoms with Crippen LogP contribution < -0.4 is 16.4 Å². The molecule has 0 aromatic carbocycles. The van der Waals surface area contributed by atoms with Crippen molar-refractivity contribution < 1.29 is 20.1 Å². The zero-order valence-corrected chi connectivity index (χ0v) is 13.0. The smallest absolute Gasteiger partial charge is 0.337 e. The first kappa shape index (κ1) is 15.9. The van der Waals surface area contributed by atoms with Gasteiger partial charge in [-0.05, 0) is 6.92 Å². The molecule has 2 unspecified atom stereocenters. The molecule has 2 aromatic heterocycles. The molecule has 4 heterocycles. The summed E-state index contributed by atoms with van der Waals surface area (Å²) in [6, 6.07) is 0. The van der Waals surface area contributed by atoms with Crippen LogP contribution >= 0.6 is 0 Å². The molecule has 5 N–H and O–H groups in total. The van der Waals surface area contributed by atoms with E-state index in [1.54, 1.807) is 0 Å². The lowest BCUT2D eigenvalue weighted by Crippen LogP contribution is -2.44. The number of H-pyrrole nitrogens is 1. The van der Waals surface area contributed by atoms with Crippen LogP contribution in [0, 0.1) is 0 Å². The summed E-state index contributed by atoms with van der Waals surface area (Å²) in [7, 11) is 0. The van der Waals surface area contributed by atoms with Crippen LogP contribution in [0.25, 0.3) is 10.9 Å². The fourth-order valence-electron chi connectivity index (χ4n) is 3.19. The average Bonchev–Trinajstić information content (AvgIpc) is 2.99. The standard InChI is InChI=1S/C14H15N5O6/c1-14(24)8(21)6(3-20)25-13(14)19-2-5-7-9(15-4-16-10(7)19)18-12(23)11(22)17-5/h2,4,6,8,13,20-21,24H,3H2,1H3,(H,17,22)(H,15,16,18,23)/t6-,8-,13?,14?/m1/s1. The minimum absolute atomic E-state index is 0.138. The first-order valence-corrected chi connectivity index (χ1v) is 7.49. The van der Waals surface area contributed by atoms with Gasteiger partial charge in [0, 0.05) is 6.20 Å². The second-order valence-electron chi connectivity index (χ2n) is 6.15. The molecule has 0 amide bonds. The van der Waals surface area contributed by atoms with Crippen LogP contribution in [0.4, 0.5) is 11.6 Å². The molecule has 11 heteroatoms. The maximum absolute atomic E-state index is 11.8. The van der Waals surface area contributed by atoms with Gasteiger partial charge in [-0.2, -0.15) is 4.98 Å². The van der Waals surface area contributed by atoms with Crippen LogP contribution in [0.3, 0.4) is 0 Å². The number of aliphatic hydroxyl groups excluding tert-OH is 2. The summed E-state index contributed by atoms with van der Waals surface area (Å²) in [5, 5.41) is 33.2. The normalized spacial score (nSPS) is 30.6. The highest BCUT2D eigenvalue weighted by molar-refractivity contribution is 6.04. The number of aromatic amines is 1. The van der Waals surface area contributed by atoms with Crippen molar-refractivity contribution in [3.8, 4) is 0 Å². The highest BCUT2D eigenvalue weighted by Gasteiger charge is 2.53. The van der Waals surface area contributed by atoms with Crippen molar-refractivity contribution in [2.24, 2.45) is 4.99 Å². The van der Waals surface area contributed by atoms with Gasteiger partial charge in [-0.15, -0.1) is 0 Å². The van der Waals surface area contributed by atoms with E-state index in [1.807, 2.05) is 0 Å². The van der Waals surface area contributed by atoms with Crippen molar-refractivity contribution in [2.45, 2.75) is 31.0 Å². The van der Waals surface area contributed by atoms with Crippen LogP contribution in [-0.2, 0) is 4.74 Å². The highest BCUT2D eigenvalue weighted by Crippen LogP contribution is 2.43. The summed E-state index contributed by atoms with van der Waals surface area (Å²) in [6.45, 7) is 0.894. The molecule has 2 aromatic rings. The summed E-state index contributed by atoms with van der Waals surface area (Å²) >= 11 is 0. The van der Waals surface area contributed by atoms with E-state index in [9.17, 15) is 24.9 Å². The Kier molecular flexibility index (Phi) is 3.30. The van der Waals surface area contributed by atoms with Crippen molar-refractivity contribution >= 4 is 28.9 Å². The number of ether oxygens (including phenoxy) is 1. The maximum atomic E-state index is 11.8. The first-order chi connectivity index (χ1) is 11.8. The number of hydrogen-bond donors (Lipinski definition) is 5. The Bertz CT molecular complexity index is 1010. The second-order valence-corrected chi connectivity index (χ2v) is 6.15. The van der Waals surface area contributed by atoms with Gasteiger partial charge in [0.2, 0.25) is 0 Å². The largest absolute Gasteiger partial charge is 0.394 e. The molecule has 2 aliphatic rings. The van der Waals surface area contributed by atoms with Crippen LogP contribution in [0.15, 0.2) is 20.8 Å². The molecular formula is C14H15N5O6. The maximum Gasteiger partial charge on any atom is 0.337 e. The number of aromatic nitrogens is 3. The first-order valence-electron chi connectivity index (χ1n) is 7.49. The summed E-state index contributed by atoms with van der Waals surface area (Å²) in [5.41, 5.74) is -3.32. The van der Waals surface area contributed by atoms with Gasteiger partial charge in [0.15, 0.2) is 6.23 Å². The van der Waals surface area contributed by atoms with Crippen molar-refractivity contribution in [3.63, 3.8) is 0 Å². The molecule has 0 radical (unpaired) electrons. The fourth-order valence-corrected chi connectivity index (χ4v) is 3.19. The Morgan fingerprint density at radius 2 is 2.20 bits per heavy atom. The summed E-state index contributed by atoms with van der Waals surface area (Å²) in [5.74, 6) is 0.414. The Hall–Kier alpha value is -2.60. The van der Waals surface area contributed by atoms with Crippen LogP contribution in [-0.4, -0.2) is 60.6 Å². The molecule has 0 bridgehead atoms. The van der Waals surface area contributed by atoms with Gasteiger partial charge in [-0.3, -0.25) is 9.59 Å². The lowest BCUT2D eigenvalue weighted by Gasteiger charge is -2.28. The van der Waals surface area contributed by atoms with Gasteiger partial charge in [0.05, 0.1) is 23.8 Å². The molecule has 1 saturated heterocycles. The van der Waals surface area contributed by atoms with E-state index in [-0.39, 0.29) is 17.2 Å². The van der Waals surface area contributed by atoms with E-state index in [0.29, 0.717) is 5.39 Å². The molecule has 1 fully saturated rings. The monoisotopic (exact) mass is 349 g/mol. The fraction of sp³-hybridized carbons (Fsp3) is 0.429. The predicted octanol–water partition coefficient (Wildman–Crippen LogP) is -1.83. The molecule has 25 heavy (non-hydrogen) atoms. The number of nitrogens with one attached hydrogen (secondary N) is 2. The molecule has 0 saturated carbocycles. The van der Waals surface area contributed by atoms with E-state index in [1.165, 1.54) is 24.0 Å². The Morgan fingerprint density at radius 3 is 2.88 bits per heavy atom. The van der Waals surface area contributed by atoms with Gasteiger partial charge < -0.3 is 34.9 Å². The highest BCUT2D eigenvalue weighted by atomic mass is 16.6. The number of nitrogens with zero attached hydrogens (tertiary/aromatic N) is 3. The molecular weight excluding hydrogens is 334 g/mol. The van der Waals surface area contributed by atoms with Crippen LogP contribution in [0.2, 0.25) is 0 Å². The van der Waals surface area contributed by atoms with Crippen molar-refractivity contribution in [1.29, 1.82) is 0 Å². The number of aliphatic imine (C=N–C) groups is 1. The van der Waals surface area contributed by atoms with Crippen LogP contribution in [0.1, 0.15) is 13.2 Å². The second kappa shape index (κ2) is 5.20. The molecule has 4 rings (SSSR count). The van der Waals surface area contributed by atoms with E-state index in [4.69, 9.17) is 4.74 Å². The summed E-state index contributed by atoms with van der Waals surface area (Å²) in [4.78, 5) is 33.7. The average molecular weight is 349 g/mol. The molecule has 0 spiro atoms. The molecule has 2 aliphatic heterocycles.